The number of carbonyl (C=O) groups is 1. The Morgan fingerprint density at radius 2 is 2.14 bits per heavy atom. The quantitative estimate of drug-likeness (QED) is 0.505. The molecule has 0 atom stereocenters. The Morgan fingerprint density at radius 3 is 2.73 bits per heavy atom. The number of halogens is 2. The summed E-state index contributed by atoms with van der Waals surface area (Å²) in [6.07, 6.45) is 0.687. The van der Waals surface area contributed by atoms with E-state index < -0.39 is 5.97 Å². The number of thiazole rings is 1. The van der Waals surface area contributed by atoms with Gasteiger partial charge in [-0.3, -0.25) is 0 Å². The van der Waals surface area contributed by atoms with Crippen LogP contribution in [0.2, 0.25) is 10.0 Å². The van der Waals surface area contributed by atoms with Crippen LogP contribution in [0.15, 0.2) is 35.5 Å². The van der Waals surface area contributed by atoms with Crippen LogP contribution in [0.3, 0.4) is 0 Å². The first-order valence-corrected chi connectivity index (χ1v) is 7.69. The minimum atomic E-state index is -0.656. The molecular weight excluding hydrogens is 347 g/mol. The van der Waals surface area contributed by atoms with Crippen LogP contribution in [0.25, 0.3) is 11.3 Å². The van der Waals surface area contributed by atoms with Gasteiger partial charge in [0.1, 0.15) is 6.26 Å². The van der Waals surface area contributed by atoms with E-state index in [9.17, 15) is 9.90 Å². The lowest BCUT2D eigenvalue weighted by atomic mass is 10.2. The fraction of sp³-hybridized carbons (Fsp3) is 0.143. The number of hydrogen-bond donors (Lipinski definition) is 1. The number of ether oxygens (including phenoxy) is 1. The standard InChI is InChI=1S/C14H12Cl2N2O3S/c1-18(12(6-19)13(20)21-2)14-17-11(7-22-14)8-3-4-9(15)10(16)5-8/h3-7,19H,1-2H3. The Balaban J connectivity index is 2.31. The molecule has 8 heteroatoms. The van der Waals surface area contributed by atoms with Crippen LogP contribution in [-0.4, -0.2) is 30.2 Å². The number of aliphatic hydroxyl groups excluding tert-OH is 1. The Morgan fingerprint density at radius 1 is 1.41 bits per heavy atom. The average Bonchev–Trinajstić information content (AvgIpc) is 3.00. The van der Waals surface area contributed by atoms with Crippen molar-refractivity contribution >= 4 is 45.6 Å². The molecule has 0 fully saturated rings. The summed E-state index contributed by atoms with van der Waals surface area (Å²) in [6.45, 7) is 0. The van der Waals surface area contributed by atoms with Gasteiger partial charge in [-0.25, -0.2) is 9.78 Å². The molecule has 0 saturated carbocycles. The number of likely N-dealkylation sites (N-methyl/N-ethyl adjacent to an activating group) is 1. The van der Waals surface area contributed by atoms with E-state index in [0.29, 0.717) is 27.1 Å². The van der Waals surface area contributed by atoms with E-state index in [0.717, 1.165) is 5.56 Å². The zero-order chi connectivity index (χ0) is 16.3. The van der Waals surface area contributed by atoms with Gasteiger partial charge in [-0.15, -0.1) is 11.3 Å². The molecule has 0 saturated heterocycles. The molecule has 1 aromatic heterocycles. The molecule has 22 heavy (non-hydrogen) atoms. The van der Waals surface area contributed by atoms with Crippen LogP contribution in [0.5, 0.6) is 0 Å². The molecular formula is C14H12Cl2N2O3S. The molecule has 0 aliphatic heterocycles. The van der Waals surface area contributed by atoms with Gasteiger partial charge in [0, 0.05) is 18.0 Å². The van der Waals surface area contributed by atoms with Gasteiger partial charge in [0.15, 0.2) is 10.8 Å². The molecule has 5 nitrogen and oxygen atoms in total. The Labute approximate surface area is 141 Å². The van der Waals surface area contributed by atoms with Crippen molar-refractivity contribution in [1.29, 1.82) is 0 Å². The molecule has 1 heterocycles. The predicted octanol–water partition coefficient (Wildman–Crippen LogP) is 4.13. The van der Waals surface area contributed by atoms with Gasteiger partial charge in [0.05, 0.1) is 22.8 Å². The number of aromatic nitrogens is 1. The monoisotopic (exact) mass is 358 g/mol. The third kappa shape index (κ3) is 3.35. The number of rotatable bonds is 4. The molecule has 2 rings (SSSR count). The zero-order valence-electron chi connectivity index (χ0n) is 11.7. The summed E-state index contributed by atoms with van der Waals surface area (Å²) in [5.74, 6) is -0.656. The highest BCUT2D eigenvalue weighted by molar-refractivity contribution is 7.14. The first-order chi connectivity index (χ1) is 10.5. The van der Waals surface area contributed by atoms with Gasteiger partial charge < -0.3 is 14.7 Å². The van der Waals surface area contributed by atoms with Crippen LogP contribution in [0.1, 0.15) is 0 Å². The Hall–Kier alpha value is -1.76. The van der Waals surface area contributed by atoms with Gasteiger partial charge in [-0.05, 0) is 12.1 Å². The van der Waals surface area contributed by atoms with E-state index in [1.165, 1.54) is 23.3 Å². The number of nitrogens with zero attached hydrogens (tertiary/aromatic N) is 2. The first-order valence-electron chi connectivity index (χ1n) is 6.05. The van der Waals surface area contributed by atoms with E-state index >= 15 is 0 Å². The summed E-state index contributed by atoms with van der Waals surface area (Å²) >= 11 is 13.2. The van der Waals surface area contributed by atoms with E-state index in [-0.39, 0.29) is 5.70 Å². The lowest BCUT2D eigenvalue weighted by Crippen LogP contribution is -2.24. The minimum Gasteiger partial charge on any atom is -0.513 e. The number of aliphatic hydroxyl groups is 1. The Kier molecular flexibility index (Phi) is 5.28. The normalized spacial score (nSPS) is 11.4. The van der Waals surface area contributed by atoms with Gasteiger partial charge >= 0.3 is 5.97 Å². The highest BCUT2D eigenvalue weighted by Gasteiger charge is 2.19. The number of esters is 1. The molecule has 1 aromatic carbocycles. The summed E-state index contributed by atoms with van der Waals surface area (Å²) in [5.41, 5.74) is 1.48. The van der Waals surface area contributed by atoms with Crippen molar-refractivity contribution < 1.29 is 14.6 Å². The van der Waals surface area contributed by atoms with Gasteiger partial charge in [-0.1, -0.05) is 29.3 Å². The molecule has 116 valence electrons. The van der Waals surface area contributed by atoms with E-state index in [1.54, 1.807) is 25.2 Å². The molecule has 0 aliphatic carbocycles. The molecule has 0 unspecified atom stereocenters. The molecule has 2 aromatic rings. The van der Waals surface area contributed by atoms with Gasteiger partial charge in [0.2, 0.25) is 0 Å². The van der Waals surface area contributed by atoms with Crippen LogP contribution < -0.4 is 4.90 Å². The molecule has 0 aliphatic rings. The van der Waals surface area contributed by atoms with Crippen molar-refractivity contribution in [1.82, 2.24) is 4.98 Å². The van der Waals surface area contributed by atoms with Crippen molar-refractivity contribution in [3.63, 3.8) is 0 Å². The summed E-state index contributed by atoms with van der Waals surface area (Å²) in [6, 6.07) is 5.21. The molecule has 0 bridgehead atoms. The second-order valence-corrected chi connectivity index (χ2v) is 5.86. The van der Waals surface area contributed by atoms with Gasteiger partial charge in [-0.2, -0.15) is 0 Å². The minimum absolute atomic E-state index is 0.0162. The number of hydrogen-bond acceptors (Lipinski definition) is 6. The lowest BCUT2D eigenvalue weighted by Gasteiger charge is -2.16. The number of benzene rings is 1. The second-order valence-electron chi connectivity index (χ2n) is 4.21. The Bertz CT molecular complexity index is 731. The van der Waals surface area contributed by atoms with Crippen molar-refractivity contribution in [3.8, 4) is 11.3 Å². The largest absolute Gasteiger partial charge is 0.513 e. The van der Waals surface area contributed by atoms with Crippen LogP contribution >= 0.6 is 34.5 Å². The third-order valence-electron chi connectivity index (χ3n) is 2.87. The third-order valence-corrected chi connectivity index (χ3v) is 4.53. The van der Waals surface area contributed by atoms with E-state index in [2.05, 4.69) is 9.72 Å². The second kappa shape index (κ2) is 7.00. The molecule has 1 N–H and O–H groups in total. The van der Waals surface area contributed by atoms with Crippen molar-refractivity contribution in [3.05, 3.63) is 45.6 Å². The highest BCUT2D eigenvalue weighted by Crippen LogP contribution is 2.32. The average molecular weight is 359 g/mol. The lowest BCUT2D eigenvalue weighted by molar-refractivity contribution is -0.136. The summed E-state index contributed by atoms with van der Waals surface area (Å²) in [5, 5.41) is 12.4. The molecule has 0 amide bonds. The maximum absolute atomic E-state index is 11.6. The smallest absolute Gasteiger partial charge is 0.357 e. The fourth-order valence-corrected chi connectivity index (χ4v) is 2.80. The van der Waals surface area contributed by atoms with E-state index in [4.69, 9.17) is 23.2 Å². The predicted molar refractivity (Wildman–Crippen MR) is 88.7 cm³/mol. The van der Waals surface area contributed by atoms with Gasteiger partial charge in [0.25, 0.3) is 0 Å². The van der Waals surface area contributed by atoms with Crippen molar-refractivity contribution in [2.24, 2.45) is 0 Å². The summed E-state index contributed by atoms with van der Waals surface area (Å²) in [4.78, 5) is 17.4. The topological polar surface area (TPSA) is 62.7 Å². The van der Waals surface area contributed by atoms with Crippen LogP contribution in [0, 0.1) is 0 Å². The van der Waals surface area contributed by atoms with Crippen LogP contribution in [-0.2, 0) is 9.53 Å². The highest BCUT2D eigenvalue weighted by atomic mass is 35.5. The van der Waals surface area contributed by atoms with Crippen LogP contribution in [0.4, 0.5) is 5.13 Å². The number of carbonyl (C=O) groups excluding carboxylic acids is 1. The van der Waals surface area contributed by atoms with Crippen molar-refractivity contribution in [2.75, 3.05) is 19.1 Å². The maximum atomic E-state index is 11.6. The summed E-state index contributed by atoms with van der Waals surface area (Å²) in [7, 11) is 2.85. The SMILES string of the molecule is COC(=O)C(=CO)N(C)c1nc(-c2ccc(Cl)c(Cl)c2)cs1. The number of anilines is 1. The molecule has 0 radical (unpaired) electrons. The fourth-order valence-electron chi connectivity index (χ4n) is 1.69. The zero-order valence-corrected chi connectivity index (χ0v) is 14.0. The number of methoxy groups -OCH3 is 1. The summed E-state index contributed by atoms with van der Waals surface area (Å²) < 4.78 is 4.60. The van der Waals surface area contributed by atoms with Crippen molar-refractivity contribution in [2.45, 2.75) is 0 Å². The first kappa shape index (κ1) is 16.6. The molecule has 0 spiro atoms. The maximum Gasteiger partial charge on any atom is 0.357 e. The van der Waals surface area contributed by atoms with E-state index in [1.807, 2.05) is 5.38 Å².